The fourth-order valence-corrected chi connectivity index (χ4v) is 2.73. The van der Waals surface area contributed by atoms with Gasteiger partial charge in [0.15, 0.2) is 5.96 Å². The number of carbonyl (C=O) groups excluding carboxylic acids is 1. The molecule has 0 spiro atoms. The van der Waals surface area contributed by atoms with Crippen LogP contribution in [-0.4, -0.2) is 84.2 Å². The molecular formula is C17H35N5O2. The predicted molar refractivity (Wildman–Crippen MR) is 98.3 cm³/mol. The van der Waals surface area contributed by atoms with Crippen molar-refractivity contribution in [3.05, 3.63) is 0 Å². The van der Waals surface area contributed by atoms with Gasteiger partial charge >= 0.3 is 6.09 Å². The summed E-state index contributed by atoms with van der Waals surface area (Å²) in [6.45, 7) is 17.4. The number of nitrogens with two attached hydrogens (primary N) is 1. The maximum absolute atomic E-state index is 12.1. The van der Waals surface area contributed by atoms with E-state index >= 15 is 0 Å². The Hall–Kier alpha value is -1.50. The lowest BCUT2D eigenvalue weighted by molar-refractivity contribution is 0.0186. The minimum Gasteiger partial charge on any atom is -0.444 e. The number of rotatable bonds is 5. The standard InChI is InChI=1S/C17H35N5O2/c1-7-20(8-2)14(3)13-19-15(18)21-9-11-22(12-10-21)16(23)24-17(4,5)6/h14H,7-13H2,1-6H3,(H2,18,19). The Balaban J connectivity index is 2.46. The third-order valence-corrected chi connectivity index (χ3v) is 4.21. The van der Waals surface area contributed by atoms with Crippen molar-refractivity contribution in [2.45, 2.75) is 53.2 Å². The summed E-state index contributed by atoms with van der Waals surface area (Å²) >= 11 is 0. The monoisotopic (exact) mass is 341 g/mol. The number of carbonyl (C=O) groups is 1. The van der Waals surface area contributed by atoms with Gasteiger partial charge in [-0.25, -0.2) is 4.79 Å². The van der Waals surface area contributed by atoms with Gasteiger partial charge < -0.3 is 20.3 Å². The molecule has 1 saturated heterocycles. The quantitative estimate of drug-likeness (QED) is 0.607. The van der Waals surface area contributed by atoms with Gasteiger partial charge in [0, 0.05) is 32.2 Å². The van der Waals surface area contributed by atoms with Gasteiger partial charge in [0.1, 0.15) is 5.60 Å². The topological polar surface area (TPSA) is 74.4 Å². The highest BCUT2D eigenvalue weighted by molar-refractivity contribution is 5.78. The van der Waals surface area contributed by atoms with Crippen LogP contribution in [-0.2, 0) is 4.74 Å². The third-order valence-electron chi connectivity index (χ3n) is 4.21. The fraction of sp³-hybridized carbons (Fsp3) is 0.882. The Morgan fingerprint density at radius 3 is 2.12 bits per heavy atom. The van der Waals surface area contributed by atoms with Crippen molar-refractivity contribution in [2.75, 3.05) is 45.8 Å². The minimum absolute atomic E-state index is 0.257. The average Bonchev–Trinajstić information content (AvgIpc) is 2.52. The van der Waals surface area contributed by atoms with E-state index in [1.165, 1.54) is 0 Å². The Bertz CT molecular complexity index is 421. The van der Waals surface area contributed by atoms with Gasteiger partial charge in [0.25, 0.3) is 0 Å². The molecule has 0 radical (unpaired) electrons. The number of amides is 1. The number of nitrogens with zero attached hydrogens (tertiary/aromatic N) is 4. The first kappa shape index (κ1) is 20.5. The molecule has 1 heterocycles. The molecule has 1 fully saturated rings. The van der Waals surface area contributed by atoms with Gasteiger partial charge in [0.05, 0.1) is 6.54 Å². The molecule has 1 amide bonds. The first-order chi connectivity index (χ1) is 11.2. The van der Waals surface area contributed by atoms with E-state index in [4.69, 9.17) is 10.5 Å². The molecule has 1 unspecified atom stereocenters. The average molecular weight is 342 g/mol. The van der Waals surface area contributed by atoms with Gasteiger partial charge in [-0.2, -0.15) is 0 Å². The van der Waals surface area contributed by atoms with E-state index < -0.39 is 5.60 Å². The summed E-state index contributed by atoms with van der Waals surface area (Å²) in [6.07, 6.45) is -0.257. The molecule has 1 aliphatic heterocycles. The summed E-state index contributed by atoms with van der Waals surface area (Å²) in [4.78, 5) is 22.7. The van der Waals surface area contributed by atoms with E-state index in [0.29, 0.717) is 44.7 Å². The molecule has 0 aromatic carbocycles. The molecule has 0 bridgehead atoms. The third kappa shape index (κ3) is 6.55. The number of piperazine rings is 1. The zero-order valence-electron chi connectivity index (χ0n) is 16.2. The van der Waals surface area contributed by atoms with Crippen molar-refractivity contribution in [3.8, 4) is 0 Å². The highest BCUT2D eigenvalue weighted by atomic mass is 16.6. The van der Waals surface area contributed by atoms with Crippen molar-refractivity contribution >= 4 is 12.1 Å². The molecular weight excluding hydrogens is 306 g/mol. The maximum Gasteiger partial charge on any atom is 0.410 e. The molecule has 24 heavy (non-hydrogen) atoms. The van der Waals surface area contributed by atoms with Crippen molar-refractivity contribution in [2.24, 2.45) is 10.7 Å². The summed E-state index contributed by atoms with van der Waals surface area (Å²) in [5.41, 5.74) is 5.66. The number of hydrogen-bond acceptors (Lipinski definition) is 4. The van der Waals surface area contributed by atoms with Gasteiger partial charge in [-0.3, -0.25) is 9.89 Å². The van der Waals surface area contributed by atoms with Crippen molar-refractivity contribution < 1.29 is 9.53 Å². The number of aliphatic imine (C=N–C) groups is 1. The second-order valence-corrected chi connectivity index (χ2v) is 7.22. The molecule has 1 aliphatic rings. The molecule has 1 rings (SSSR count). The fourth-order valence-electron chi connectivity index (χ4n) is 2.73. The van der Waals surface area contributed by atoms with Crippen LogP contribution >= 0.6 is 0 Å². The zero-order valence-corrected chi connectivity index (χ0v) is 16.2. The SMILES string of the molecule is CCN(CC)C(C)CN=C(N)N1CCN(C(=O)OC(C)(C)C)CC1. The van der Waals surface area contributed by atoms with E-state index in [1.54, 1.807) is 4.90 Å². The van der Waals surface area contributed by atoms with Crippen molar-refractivity contribution in [3.63, 3.8) is 0 Å². The summed E-state index contributed by atoms with van der Waals surface area (Å²) in [5, 5.41) is 0. The number of hydrogen-bond donors (Lipinski definition) is 1. The molecule has 0 saturated carbocycles. The van der Waals surface area contributed by atoms with E-state index in [0.717, 1.165) is 13.1 Å². The van der Waals surface area contributed by atoms with Gasteiger partial charge in [-0.15, -0.1) is 0 Å². The first-order valence-corrected chi connectivity index (χ1v) is 8.94. The van der Waals surface area contributed by atoms with Gasteiger partial charge in [-0.05, 0) is 40.8 Å². The lowest BCUT2D eigenvalue weighted by Crippen LogP contribution is -2.53. The van der Waals surface area contributed by atoms with Crippen LogP contribution in [0.4, 0.5) is 4.79 Å². The lowest BCUT2D eigenvalue weighted by Gasteiger charge is -2.36. The Labute approximate surface area is 146 Å². The smallest absolute Gasteiger partial charge is 0.410 e. The van der Waals surface area contributed by atoms with Crippen molar-refractivity contribution in [1.29, 1.82) is 0 Å². The minimum atomic E-state index is -0.463. The zero-order chi connectivity index (χ0) is 18.3. The normalized spacial score (nSPS) is 18.0. The summed E-state index contributed by atoms with van der Waals surface area (Å²) in [6, 6.07) is 0.376. The summed E-state index contributed by atoms with van der Waals surface area (Å²) < 4.78 is 5.40. The van der Waals surface area contributed by atoms with E-state index in [9.17, 15) is 4.79 Å². The Morgan fingerprint density at radius 2 is 1.67 bits per heavy atom. The van der Waals surface area contributed by atoms with Crippen LogP contribution < -0.4 is 5.73 Å². The Kier molecular flexibility index (Phi) is 7.79. The van der Waals surface area contributed by atoms with Crippen LogP contribution in [0.25, 0.3) is 0 Å². The molecule has 7 nitrogen and oxygen atoms in total. The highest BCUT2D eigenvalue weighted by Crippen LogP contribution is 2.11. The van der Waals surface area contributed by atoms with Crippen LogP contribution in [0.5, 0.6) is 0 Å². The van der Waals surface area contributed by atoms with Crippen LogP contribution in [0.2, 0.25) is 0 Å². The molecule has 1 atom stereocenters. The molecule has 0 aliphatic carbocycles. The lowest BCUT2D eigenvalue weighted by atomic mass is 10.2. The number of ether oxygens (including phenoxy) is 1. The molecule has 7 heteroatoms. The first-order valence-electron chi connectivity index (χ1n) is 8.94. The van der Waals surface area contributed by atoms with Crippen LogP contribution in [0.1, 0.15) is 41.5 Å². The summed E-state index contributed by atoms with van der Waals surface area (Å²) in [7, 11) is 0. The van der Waals surface area contributed by atoms with E-state index in [1.807, 2.05) is 25.7 Å². The van der Waals surface area contributed by atoms with E-state index in [2.05, 4.69) is 30.7 Å². The highest BCUT2D eigenvalue weighted by Gasteiger charge is 2.26. The van der Waals surface area contributed by atoms with Crippen LogP contribution in [0.15, 0.2) is 4.99 Å². The number of likely N-dealkylation sites (N-methyl/N-ethyl adjacent to an activating group) is 1. The maximum atomic E-state index is 12.1. The second kappa shape index (κ2) is 9.11. The molecule has 0 aromatic rings. The van der Waals surface area contributed by atoms with Crippen LogP contribution in [0, 0.1) is 0 Å². The molecule has 2 N–H and O–H groups in total. The van der Waals surface area contributed by atoms with Crippen LogP contribution in [0.3, 0.4) is 0 Å². The second-order valence-electron chi connectivity index (χ2n) is 7.22. The van der Waals surface area contributed by atoms with E-state index in [-0.39, 0.29) is 6.09 Å². The predicted octanol–water partition coefficient (Wildman–Crippen LogP) is 1.58. The Morgan fingerprint density at radius 1 is 1.17 bits per heavy atom. The molecule has 140 valence electrons. The van der Waals surface area contributed by atoms with Gasteiger partial charge in [-0.1, -0.05) is 13.8 Å². The number of guanidine groups is 1. The molecule has 0 aromatic heterocycles. The van der Waals surface area contributed by atoms with Crippen molar-refractivity contribution in [1.82, 2.24) is 14.7 Å². The van der Waals surface area contributed by atoms with Gasteiger partial charge in [0.2, 0.25) is 0 Å². The summed E-state index contributed by atoms with van der Waals surface area (Å²) in [5.74, 6) is 0.567. The largest absolute Gasteiger partial charge is 0.444 e.